The van der Waals surface area contributed by atoms with E-state index in [1.54, 1.807) is 19.9 Å². The van der Waals surface area contributed by atoms with Gasteiger partial charge in [-0.1, -0.05) is 19.1 Å². The molecule has 0 saturated carbocycles. The lowest BCUT2D eigenvalue weighted by atomic mass is 9.79. The van der Waals surface area contributed by atoms with Gasteiger partial charge in [-0.2, -0.15) is 0 Å². The molecule has 132 valence electrons. The number of hydrogen-bond acceptors (Lipinski definition) is 6. The predicted molar refractivity (Wildman–Crippen MR) is 88.6 cm³/mol. The number of benzene rings is 1. The minimum absolute atomic E-state index is 0.0194. The molecule has 8 nitrogen and oxygen atoms in total. The van der Waals surface area contributed by atoms with Crippen LogP contribution in [0.5, 0.6) is 0 Å². The third-order valence-corrected chi connectivity index (χ3v) is 4.05. The van der Waals surface area contributed by atoms with Crippen molar-refractivity contribution in [2.24, 2.45) is 0 Å². The highest BCUT2D eigenvalue weighted by Gasteiger charge is 2.38. The van der Waals surface area contributed by atoms with Crippen LogP contribution >= 0.6 is 0 Å². The SMILES string of the molecule is CCC1=C(C(=O)O)C(c2cccc([N+](=O)[O-])c2)C(C(=O)OC)=C(C)N1. The number of nitrogens with zero attached hydrogens (tertiary/aromatic N) is 1. The molecule has 0 spiro atoms. The van der Waals surface area contributed by atoms with Gasteiger partial charge < -0.3 is 15.2 Å². The summed E-state index contributed by atoms with van der Waals surface area (Å²) in [6.07, 6.45) is 0.402. The lowest BCUT2D eigenvalue weighted by Gasteiger charge is -2.30. The lowest BCUT2D eigenvalue weighted by Crippen LogP contribution is -2.32. The fourth-order valence-corrected chi connectivity index (χ4v) is 2.96. The molecule has 1 aromatic rings. The molecule has 1 aliphatic heterocycles. The van der Waals surface area contributed by atoms with E-state index in [0.717, 1.165) is 0 Å². The van der Waals surface area contributed by atoms with Gasteiger partial charge in [0.15, 0.2) is 0 Å². The molecule has 0 saturated heterocycles. The van der Waals surface area contributed by atoms with Gasteiger partial charge in [-0.05, 0) is 18.9 Å². The number of carbonyl (C=O) groups excluding carboxylic acids is 1. The fraction of sp³-hybridized carbons (Fsp3) is 0.294. The van der Waals surface area contributed by atoms with Crippen molar-refractivity contribution in [3.63, 3.8) is 0 Å². The van der Waals surface area contributed by atoms with Crippen LogP contribution in [0.15, 0.2) is 46.8 Å². The van der Waals surface area contributed by atoms with E-state index in [1.165, 1.54) is 25.3 Å². The average molecular weight is 346 g/mol. The molecular weight excluding hydrogens is 328 g/mol. The van der Waals surface area contributed by atoms with E-state index in [9.17, 15) is 24.8 Å². The summed E-state index contributed by atoms with van der Waals surface area (Å²) in [6, 6.07) is 5.62. The summed E-state index contributed by atoms with van der Waals surface area (Å²) >= 11 is 0. The van der Waals surface area contributed by atoms with E-state index >= 15 is 0 Å². The summed E-state index contributed by atoms with van der Waals surface area (Å²) in [7, 11) is 1.20. The maximum absolute atomic E-state index is 12.3. The molecule has 1 aromatic carbocycles. The Morgan fingerprint density at radius 1 is 1.36 bits per heavy atom. The molecule has 0 radical (unpaired) electrons. The van der Waals surface area contributed by atoms with Crippen LogP contribution in [0.4, 0.5) is 5.69 Å². The summed E-state index contributed by atoms with van der Waals surface area (Å²) in [4.78, 5) is 34.7. The summed E-state index contributed by atoms with van der Waals surface area (Å²) in [5, 5.41) is 23.7. The Hall–Kier alpha value is -3.16. The molecule has 0 aromatic heterocycles. The van der Waals surface area contributed by atoms with Crippen LogP contribution in [0.3, 0.4) is 0 Å². The van der Waals surface area contributed by atoms with Gasteiger partial charge in [0.1, 0.15) is 0 Å². The number of rotatable bonds is 5. The first-order valence-corrected chi connectivity index (χ1v) is 7.58. The first-order chi connectivity index (χ1) is 11.8. The number of aliphatic carboxylic acids is 1. The Morgan fingerprint density at radius 3 is 2.56 bits per heavy atom. The number of methoxy groups -OCH3 is 1. The van der Waals surface area contributed by atoms with Gasteiger partial charge in [-0.15, -0.1) is 0 Å². The Labute approximate surface area is 143 Å². The van der Waals surface area contributed by atoms with Crippen molar-refractivity contribution in [2.45, 2.75) is 26.2 Å². The first-order valence-electron chi connectivity index (χ1n) is 7.58. The van der Waals surface area contributed by atoms with Crippen LogP contribution in [0.2, 0.25) is 0 Å². The molecule has 8 heteroatoms. The molecule has 0 aliphatic carbocycles. The number of dihydropyridines is 1. The lowest BCUT2D eigenvalue weighted by molar-refractivity contribution is -0.384. The topological polar surface area (TPSA) is 119 Å². The Balaban J connectivity index is 2.75. The van der Waals surface area contributed by atoms with Crippen molar-refractivity contribution < 1.29 is 24.4 Å². The number of hydrogen-bond donors (Lipinski definition) is 2. The third kappa shape index (κ3) is 3.37. The van der Waals surface area contributed by atoms with Crippen molar-refractivity contribution in [1.82, 2.24) is 5.32 Å². The van der Waals surface area contributed by atoms with Gasteiger partial charge >= 0.3 is 11.9 Å². The number of nitrogens with one attached hydrogen (secondary N) is 1. The zero-order valence-electron chi connectivity index (χ0n) is 14.0. The number of allylic oxidation sites excluding steroid dienone is 2. The first kappa shape index (κ1) is 18.2. The molecule has 25 heavy (non-hydrogen) atoms. The molecule has 0 fully saturated rings. The van der Waals surface area contributed by atoms with Gasteiger partial charge in [-0.25, -0.2) is 9.59 Å². The van der Waals surface area contributed by atoms with Crippen molar-refractivity contribution in [3.8, 4) is 0 Å². The number of carboxylic acids is 1. The molecule has 2 N–H and O–H groups in total. The molecule has 0 bridgehead atoms. The number of carboxylic acid groups (broad SMARTS) is 1. The van der Waals surface area contributed by atoms with E-state index in [4.69, 9.17) is 4.74 Å². The van der Waals surface area contributed by atoms with Gasteiger partial charge in [0, 0.05) is 23.5 Å². The molecular formula is C17H18N2O6. The summed E-state index contributed by atoms with van der Waals surface area (Å²) in [5.41, 5.74) is 1.19. The number of non-ortho nitro benzene ring substituents is 1. The number of esters is 1. The quantitative estimate of drug-likeness (QED) is 0.477. The minimum atomic E-state index is -1.20. The van der Waals surface area contributed by atoms with Crippen LogP contribution in [0.1, 0.15) is 31.7 Å². The largest absolute Gasteiger partial charge is 0.478 e. The smallest absolute Gasteiger partial charge is 0.336 e. The number of ether oxygens (including phenoxy) is 1. The molecule has 1 aliphatic rings. The highest BCUT2D eigenvalue weighted by molar-refractivity contribution is 5.99. The van der Waals surface area contributed by atoms with E-state index in [-0.39, 0.29) is 16.8 Å². The molecule has 1 atom stereocenters. The summed E-state index contributed by atoms with van der Waals surface area (Å²) in [6.45, 7) is 3.43. The van der Waals surface area contributed by atoms with Crippen molar-refractivity contribution >= 4 is 17.6 Å². The molecule has 1 heterocycles. The van der Waals surface area contributed by atoms with Crippen molar-refractivity contribution in [2.75, 3.05) is 7.11 Å². The third-order valence-electron chi connectivity index (χ3n) is 4.05. The fourth-order valence-electron chi connectivity index (χ4n) is 2.96. The highest BCUT2D eigenvalue weighted by Crippen LogP contribution is 2.40. The maximum atomic E-state index is 12.3. The van der Waals surface area contributed by atoms with Gasteiger partial charge in [0.05, 0.1) is 29.1 Å². The molecule has 2 rings (SSSR count). The Bertz CT molecular complexity index is 809. The van der Waals surface area contributed by atoms with Crippen molar-refractivity contribution in [1.29, 1.82) is 0 Å². The number of carbonyl (C=O) groups is 2. The maximum Gasteiger partial charge on any atom is 0.336 e. The number of nitro groups is 1. The van der Waals surface area contributed by atoms with E-state index in [0.29, 0.717) is 23.4 Å². The second-order valence-corrected chi connectivity index (χ2v) is 5.49. The summed E-state index contributed by atoms with van der Waals surface area (Å²) < 4.78 is 4.80. The minimum Gasteiger partial charge on any atom is -0.478 e. The monoisotopic (exact) mass is 346 g/mol. The van der Waals surface area contributed by atoms with Crippen LogP contribution in [0.25, 0.3) is 0 Å². The Morgan fingerprint density at radius 2 is 2.04 bits per heavy atom. The van der Waals surface area contributed by atoms with Gasteiger partial charge in [-0.3, -0.25) is 10.1 Å². The summed E-state index contributed by atoms with van der Waals surface area (Å²) in [5.74, 6) is -2.84. The second kappa shape index (κ2) is 7.16. The van der Waals surface area contributed by atoms with E-state index < -0.39 is 22.8 Å². The van der Waals surface area contributed by atoms with Crippen LogP contribution < -0.4 is 5.32 Å². The zero-order valence-corrected chi connectivity index (χ0v) is 14.0. The Kier molecular flexibility index (Phi) is 5.21. The normalized spacial score (nSPS) is 17.2. The second-order valence-electron chi connectivity index (χ2n) is 5.49. The predicted octanol–water partition coefficient (Wildman–Crippen LogP) is 2.48. The van der Waals surface area contributed by atoms with Gasteiger partial charge in [0.25, 0.3) is 5.69 Å². The molecule has 0 amide bonds. The van der Waals surface area contributed by atoms with E-state index in [1.807, 2.05) is 0 Å². The van der Waals surface area contributed by atoms with Crippen LogP contribution in [0, 0.1) is 10.1 Å². The van der Waals surface area contributed by atoms with Crippen molar-refractivity contribution in [3.05, 3.63) is 62.5 Å². The van der Waals surface area contributed by atoms with Gasteiger partial charge in [0.2, 0.25) is 0 Å². The van der Waals surface area contributed by atoms with E-state index in [2.05, 4.69) is 5.32 Å². The zero-order chi connectivity index (χ0) is 18.7. The molecule has 1 unspecified atom stereocenters. The standard InChI is InChI=1S/C17H18N2O6/c1-4-12-15(16(20)21)14(13(9(2)18-12)17(22)25-3)10-6-5-7-11(8-10)19(23)24/h5-8,14,18H,4H2,1-3H3,(H,20,21). The highest BCUT2D eigenvalue weighted by atomic mass is 16.6. The average Bonchev–Trinajstić information content (AvgIpc) is 2.59. The van der Waals surface area contributed by atoms with Crippen LogP contribution in [-0.4, -0.2) is 29.1 Å². The number of nitro benzene ring substituents is 1. The van der Waals surface area contributed by atoms with Crippen LogP contribution in [-0.2, 0) is 14.3 Å².